The molecule has 0 saturated carbocycles. The summed E-state index contributed by atoms with van der Waals surface area (Å²) in [7, 11) is 0. The molecule has 1 heterocycles. The van der Waals surface area contributed by atoms with Crippen molar-refractivity contribution in [1.82, 2.24) is 4.90 Å². The summed E-state index contributed by atoms with van der Waals surface area (Å²) < 4.78 is 5.48. The summed E-state index contributed by atoms with van der Waals surface area (Å²) in [5.41, 5.74) is 5.72. The fourth-order valence-electron chi connectivity index (χ4n) is 1.87. The number of nitrogens with zero attached hydrogens (tertiary/aromatic N) is 1. The smallest absolute Gasteiger partial charge is 0.239 e. The molecule has 1 fully saturated rings. The van der Waals surface area contributed by atoms with E-state index in [-0.39, 0.29) is 11.9 Å². The van der Waals surface area contributed by atoms with Gasteiger partial charge in [-0.1, -0.05) is 13.8 Å². The standard InChI is InChI=1S/C12H24N2O2/c1-10(2)9-16-8-4-7-14-6-3-5-11(13)12(14)15/h10-11H,3-9,13H2,1-2H3. The Kier molecular flexibility index (Phi) is 5.77. The van der Waals surface area contributed by atoms with Crippen molar-refractivity contribution in [2.75, 3.05) is 26.3 Å². The third kappa shape index (κ3) is 4.49. The van der Waals surface area contributed by atoms with Gasteiger partial charge in [-0.15, -0.1) is 0 Å². The summed E-state index contributed by atoms with van der Waals surface area (Å²) in [5, 5.41) is 0. The van der Waals surface area contributed by atoms with Crippen molar-refractivity contribution in [3.05, 3.63) is 0 Å². The molecule has 1 saturated heterocycles. The Morgan fingerprint density at radius 1 is 1.56 bits per heavy atom. The van der Waals surface area contributed by atoms with Gasteiger partial charge in [0.2, 0.25) is 5.91 Å². The topological polar surface area (TPSA) is 55.6 Å². The molecule has 4 heteroatoms. The molecule has 1 rings (SSSR count). The van der Waals surface area contributed by atoms with E-state index in [0.717, 1.165) is 45.6 Å². The predicted octanol–water partition coefficient (Wildman–Crippen LogP) is 0.999. The van der Waals surface area contributed by atoms with Gasteiger partial charge in [0.05, 0.1) is 6.04 Å². The largest absolute Gasteiger partial charge is 0.381 e. The Balaban J connectivity index is 2.10. The first-order chi connectivity index (χ1) is 7.61. The van der Waals surface area contributed by atoms with Gasteiger partial charge < -0.3 is 15.4 Å². The zero-order valence-electron chi connectivity index (χ0n) is 10.4. The van der Waals surface area contributed by atoms with Crippen molar-refractivity contribution in [3.8, 4) is 0 Å². The van der Waals surface area contributed by atoms with Crippen LogP contribution in [-0.4, -0.2) is 43.2 Å². The molecule has 94 valence electrons. The van der Waals surface area contributed by atoms with E-state index in [1.54, 1.807) is 0 Å². The Morgan fingerprint density at radius 3 is 3.00 bits per heavy atom. The van der Waals surface area contributed by atoms with E-state index in [4.69, 9.17) is 10.5 Å². The van der Waals surface area contributed by atoms with Crippen molar-refractivity contribution < 1.29 is 9.53 Å². The van der Waals surface area contributed by atoms with Crippen LogP contribution < -0.4 is 5.73 Å². The van der Waals surface area contributed by atoms with Crippen LogP contribution in [-0.2, 0) is 9.53 Å². The molecule has 0 bridgehead atoms. The number of amides is 1. The van der Waals surface area contributed by atoms with Gasteiger partial charge in [-0.25, -0.2) is 0 Å². The van der Waals surface area contributed by atoms with E-state index in [0.29, 0.717) is 5.92 Å². The zero-order chi connectivity index (χ0) is 12.0. The van der Waals surface area contributed by atoms with Crippen LogP contribution in [0.3, 0.4) is 0 Å². The molecule has 0 aromatic rings. The average molecular weight is 228 g/mol. The van der Waals surface area contributed by atoms with Crippen LogP contribution in [0.15, 0.2) is 0 Å². The number of carbonyl (C=O) groups excluding carboxylic acids is 1. The Labute approximate surface area is 98.1 Å². The molecule has 0 aromatic heterocycles. The van der Waals surface area contributed by atoms with Crippen LogP contribution in [0.1, 0.15) is 33.1 Å². The number of hydrogen-bond acceptors (Lipinski definition) is 3. The first kappa shape index (κ1) is 13.5. The molecule has 0 aromatic carbocycles. The number of likely N-dealkylation sites (tertiary alicyclic amines) is 1. The number of rotatable bonds is 6. The molecule has 0 aliphatic carbocycles. The molecule has 2 N–H and O–H groups in total. The molecule has 1 atom stereocenters. The lowest BCUT2D eigenvalue weighted by atomic mass is 10.1. The summed E-state index contributed by atoms with van der Waals surface area (Å²) in [6, 6.07) is -0.273. The quantitative estimate of drug-likeness (QED) is 0.690. The normalized spacial score (nSPS) is 21.9. The minimum Gasteiger partial charge on any atom is -0.381 e. The molecule has 0 spiro atoms. The van der Waals surface area contributed by atoms with E-state index in [2.05, 4.69) is 13.8 Å². The highest BCUT2D eigenvalue weighted by Gasteiger charge is 2.24. The Morgan fingerprint density at radius 2 is 2.31 bits per heavy atom. The summed E-state index contributed by atoms with van der Waals surface area (Å²) in [6.45, 7) is 7.44. The maximum Gasteiger partial charge on any atom is 0.239 e. The number of piperidine rings is 1. The van der Waals surface area contributed by atoms with Crippen molar-refractivity contribution in [2.24, 2.45) is 11.7 Å². The number of hydrogen-bond donors (Lipinski definition) is 1. The zero-order valence-corrected chi connectivity index (χ0v) is 10.4. The van der Waals surface area contributed by atoms with Crippen molar-refractivity contribution in [1.29, 1.82) is 0 Å². The van der Waals surface area contributed by atoms with Crippen LogP contribution in [0.2, 0.25) is 0 Å². The molecule has 4 nitrogen and oxygen atoms in total. The third-order valence-electron chi connectivity index (χ3n) is 2.74. The van der Waals surface area contributed by atoms with E-state index >= 15 is 0 Å². The highest BCUT2D eigenvalue weighted by atomic mass is 16.5. The molecule has 16 heavy (non-hydrogen) atoms. The Hall–Kier alpha value is -0.610. The van der Waals surface area contributed by atoms with Gasteiger partial charge in [-0.2, -0.15) is 0 Å². The number of carbonyl (C=O) groups is 1. The number of nitrogens with two attached hydrogens (primary N) is 1. The van der Waals surface area contributed by atoms with Gasteiger partial charge in [-0.05, 0) is 25.2 Å². The Bertz CT molecular complexity index is 219. The van der Waals surface area contributed by atoms with Crippen LogP contribution in [0.4, 0.5) is 0 Å². The maximum atomic E-state index is 11.7. The molecule has 1 amide bonds. The van der Waals surface area contributed by atoms with Gasteiger partial charge in [0, 0.05) is 26.3 Å². The molecule has 0 radical (unpaired) electrons. The monoisotopic (exact) mass is 228 g/mol. The minimum atomic E-state index is -0.273. The summed E-state index contributed by atoms with van der Waals surface area (Å²) >= 11 is 0. The van der Waals surface area contributed by atoms with Crippen molar-refractivity contribution in [2.45, 2.75) is 39.2 Å². The van der Waals surface area contributed by atoms with Gasteiger partial charge in [0.1, 0.15) is 0 Å². The third-order valence-corrected chi connectivity index (χ3v) is 2.74. The molecular weight excluding hydrogens is 204 g/mol. The van der Waals surface area contributed by atoms with Gasteiger partial charge >= 0.3 is 0 Å². The lowest BCUT2D eigenvalue weighted by Crippen LogP contribution is -2.48. The lowest BCUT2D eigenvalue weighted by Gasteiger charge is -2.30. The first-order valence-electron chi connectivity index (χ1n) is 6.23. The van der Waals surface area contributed by atoms with E-state index in [1.165, 1.54) is 0 Å². The van der Waals surface area contributed by atoms with E-state index in [9.17, 15) is 4.79 Å². The number of ether oxygens (including phenoxy) is 1. The highest BCUT2D eigenvalue weighted by Crippen LogP contribution is 2.10. The van der Waals surface area contributed by atoms with Crippen molar-refractivity contribution in [3.63, 3.8) is 0 Å². The fraction of sp³-hybridized carbons (Fsp3) is 0.917. The van der Waals surface area contributed by atoms with Gasteiger partial charge in [-0.3, -0.25) is 4.79 Å². The fourth-order valence-corrected chi connectivity index (χ4v) is 1.87. The molecule has 1 unspecified atom stereocenters. The predicted molar refractivity (Wildman–Crippen MR) is 64.1 cm³/mol. The van der Waals surface area contributed by atoms with Crippen molar-refractivity contribution >= 4 is 5.91 Å². The van der Waals surface area contributed by atoms with Crippen LogP contribution >= 0.6 is 0 Å². The minimum absolute atomic E-state index is 0.107. The van der Waals surface area contributed by atoms with Crippen LogP contribution in [0.5, 0.6) is 0 Å². The van der Waals surface area contributed by atoms with Gasteiger partial charge in [0.15, 0.2) is 0 Å². The highest BCUT2D eigenvalue weighted by molar-refractivity contribution is 5.82. The maximum absolute atomic E-state index is 11.7. The lowest BCUT2D eigenvalue weighted by molar-refractivity contribution is -0.135. The SMILES string of the molecule is CC(C)COCCCN1CCCC(N)C1=O. The first-order valence-corrected chi connectivity index (χ1v) is 6.23. The van der Waals surface area contributed by atoms with E-state index < -0.39 is 0 Å². The molecule has 1 aliphatic rings. The van der Waals surface area contributed by atoms with E-state index in [1.807, 2.05) is 4.90 Å². The summed E-state index contributed by atoms with van der Waals surface area (Å²) in [5.74, 6) is 0.681. The summed E-state index contributed by atoms with van der Waals surface area (Å²) in [6.07, 6.45) is 2.77. The molecular formula is C12H24N2O2. The van der Waals surface area contributed by atoms with Crippen LogP contribution in [0, 0.1) is 5.92 Å². The second-order valence-electron chi connectivity index (χ2n) is 4.90. The summed E-state index contributed by atoms with van der Waals surface area (Å²) in [4.78, 5) is 13.5. The second kappa shape index (κ2) is 6.86. The molecule has 1 aliphatic heterocycles. The average Bonchev–Trinajstić information content (AvgIpc) is 2.23. The van der Waals surface area contributed by atoms with Crippen LogP contribution in [0.25, 0.3) is 0 Å². The van der Waals surface area contributed by atoms with Gasteiger partial charge in [0.25, 0.3) is 0 Å². The second-order valence-corrected chi connectivity index (χ2v) is 4.90.